The van der Waals surface area contributed by atoms with Gasteiger partial charge in [-0.2, -0.15) is 5.10 Å². The Hall–Kier alpha value is -1.75. The van der Waals surface area contributed by atoms with Crippen LogP contribution in [0.2, 0.25) is 0 Å². The fourth-order valence-electron chi connectivity index (χ4n) is 2.30. The molecule has 5 heteroatoms. The molecule has 2 rings (SSSR count). The summed E-state index contributed by atoms with van der Waals surface area (Å²) in [7, 11) is 3.64. The topological polar surface area (TPSA) is 52.2 Å². The van der Waals surface area contributed by atoms with Crippen LogP contribution in [-0.4, -0.2) is 23.9 Å². The van der Waals surface area contributed by atoms with Gasteiger partial charge >= 0.3 is 0 Å². The Balaban J connectivity index is 2.14. The number of furan rings is 1. The Bertz CT molecular complexity index is 469. The molecule has 104 valence electrons. The highest BCUT2D eigenvalue weighted by molar-refractivity contribution is 5.28. The number of nitrogens with zero attached hydrogens (tertiary/aromatic N) is 2. The molecule has 0 spiro atoms. The van der Waals surface area contributed by atoms with Crippen molar-refractivity contribution in [1.29, 1.82) is 0 Å². The Morgan fingerprint density at radius 2 is 2.37 bits per heavy atom. The van der Waals surface area contributed by atoms with E-state index in [2.05, 4.69) is 17.3 Å². The van der Waals surface area contributed by atoms with Crippen LogP contribution in [0.3, 0.4) is 0 Å². The number of rotatable bonds is 7. The lowest BCUT2D eigenvalue weighted by Crippen LogP contribution is -2.21. The average molecular weight is 263 g/mol. The second kappa shape index (κ2) is 6.43. The molecule has 0 aliphatic heterocycles. The number of nitrogens with one attached hydrogen (secondary N) is 1. The van der Waals surface area contributed by atoms with Gasteiger partial charge in [0.15, 0.2) is 5.75 Å². The first-order chi connectivity index (χ1) is 9.30. The van der Waals surface area contributed by atoms with E-state index in [0.717, 1.165) is 36.6 Å². The van der Waals surface area contributed by atoms with Gasteiger partial charge in [0.2, 0.25) is 0 Å². The Kier molecular flexibility index (Phi) is 4.63. The second-order valence-electron chi connectivity index (χ2n) is 4.37. The molecule has 0 saturated heterocycles. The highest BCUT2D eigenvalue weighted by Crippen LogP contribution is 2.28. The summed E-state index contributed by atoms with van der Waals surface area (Å²) < 4.78 is 12.8. The van der Waals surface area contributed by atoms with Crippen molar-refractivity contribution in [2.24, 2.45) is 0 Å². The summed E-state index contributed by atoms with van der Waals surface area (Å²) in [6.45, 7) is 2.91. The van der Waals surface area contributed by atoms with Crippen LogP contribution in [0.1, 0.15) is 30.8 Å². The monoisotopic (exact) mass is 263 g/mol. The maximum absolute atomic E-state index is 5.40. The fourth-order valence-corrected chi connectivity index (χ4v) is 2.30. The molecule has 0 bridgehead atoms. The highest BCUT2D eigenvalue weighted by Gasteiger charge is 2.20. The van der Waals surface area contributed by atoms with Crippen LogP contribution in [0.5, 0.6) is 5.75 Å². The average Bonchev–Trinajstić information content (AvgIpc) is 3.08. The Labute approximate surface area is 113 Å². The van der Waals surface area contributed by atoms with Gasteiger partial charge in [0.05, 0.1) is 31.3 Å². The molecule has 1 atom stereocenters. The van der Waals surface area contributed by atoms with Crippen molar-refractivity contribution in [1.82, 2.24) is 15.1 Å². The first-order valence-corrected chi connectivity index (χ1v) is 6.59. The summed E-state index contributed by atoms with van der Waals surface area (Å²) in [5, 5.41) is 7.68. The molecule has 0 radical (unpaired) electrons. The summed E-state index contributed by atoms with van der Waals surface area (Å²) in [4.78, 5) is 0. The maximum Gasteiger partial charge on any atom is 0.161 e. The van der Waals surface area contributed by atoms with Crippen molar-refractivity contribution in [2.75, 3.05) is 14.2 Å². The molecule has 0 amide bonds. The number of methoxy groups -OCH3 is 1. The van der Waals surface area contributed by atoms with Crippen molar-refractivity contribution < 1.29 is 9.15 Å². The van der Waals surface area contributed by atoms with E-state index >= 15 is 0 Å². The molecule has 0 fully saturated rings. The highest BCUT2D eigenvalue weighted by atomic mass is 16.5. The van der Waals surface area contributed by atoms with Crippen LogP contribution >= 0.6 is 0 Å². The number of aromatic nitrogens is 2. The van der Waals surface area contributed by atoms with Crippen molar-refractivity contribution >= 4 is 0 Å². The van der Waals surface area contributed by atoms with Gasteiger partial charge in [-0.15, -0.1) is 0 Å². The molecule has 2 heterocycles. The molecule has 2 aromatic rings. The summed E-state index contributed by atoms with van der Waals surface area (Å²) in [6, 6.07) is 4.12. The lowest BCUT2D eigenvalue weighted by Gasteiger charge is -2.18. The number of aryl methyl sites for hydroxylation is 2. The summed E-state index contributed by atoms with van der Waals surface area (Å²) in [5.41, 5.74) is 1.10. The summed E-state index contributed by atoms with van der Waals surface area (Å²) >= 11 is 0. The predicted molar refractivity (Wildman–Crippen MR) is 73.3 cm³/mol. The van der Waals surface area contributed by atoms with Crippen LogP contribution in [0.25, 0.3) is 0 Å². The van der Waals surface area contributed by atoms with E-state index in [1.807, 2.05) is 23.9 Å². The van der Waals surface area contributed by atoms with Gasteiger partial charge in [0.1, 0.15) is 5.76 Å². The third-order valence-corrected chi connectivity index (χ3v) is 3.30. The summed E-state index contributed by atoms with van der Waals surface area (Å²) in [5.74, 6) is 1.84. The third kappa shape index (κ3) is 2.98. The van der Waals surface area contributed by atoms with Crippen LogP contribution < -0.4 is 10.1 Å². The zero-order valence-electron chi connectivity index (χ0n) is 11.7. The van der Waals surface area contributed by atoms with Crippen LogP contribution in [0.4, 0.5) is 0 Å². The predicted octanol–water partition coefficient (Wildman–Crippen LogP) is 2.40. The number of ether oxygens (including phenoxy) is 1. The van der Waals surface area contributed by atoms with E-state index in [-0.39, 0.29) is 6.04 Å². The molecule has 19 heavy (non-hydrogen) atoms. The lowest BCUT2D eigenvalue weighted by atomic mass is 10.1. The minimum atomic E-state index is 0.197. The van der Waals surface area contributed by atoms with Crippen molar-refractivity contribution in [3.05, 3.63) is 36.0 Å². The van der Waals surface area contributed by atoms with Crippen LogP contribution in [0, 0.1) is 0 Å². The molecule has 1 unspecified atom stereocenters. The van der Waals surface area contributed by atoms with Crippen LogP contribution in [-0.2, 0) is 13.0 Å². The van der Waals surface area contributed by atoms with Gasteiger partial charge in [-0.25, -0.2) is 0 Å². The van der Waals surface area contributed by atoms with Crippen molar-refractivity contribution in [3.8, 4) is 5.75 Å². The fraction of sp³-hybridized carbons (Fsp3) is 0.500. The van der Waals surface area contributed by atoms with Gasteiger partial charge in [0.25, 0.3) is 0 Å². The summed E-state index contributed by atoms with van der Waals surface area (Å²) in [6.07, 6.45) is 5.30. The normalized spacial score (nSPS) is 12.6. The molecule has 5 nitrogen and oxygen atoms in total. The standard InChI is InChI=1S/C14H21N3O2/c1-4-17-14(13(18-3)10-16-17)12(15-2)8-7-11-6-5-9-19-11/h5-6,9-10,12,15H,4,7-8H2,1-3H3. The molecular weight excluding hydrogens is 242 g/mol. The Morgan fingerprint density at radius 3 is 2.95 bits per heavy atom. The molecule has 0 aliphatic carbocycles. The zero-order valence-corrected chi connectivity index (χ0v) is 11.7. The SMILES string of the molecule is CCn1ncc(OC)c1C(CCc1ccco1)NC. The van der Waals surface area contributed by atoms with Crippen LogP contribution in [0.15, 0.2) is 29.0 Å². The smallest absolute Gasteiger partial charge is 0.161 e. The molecule has 0 aromatic carbocycles. The van der Waals surface area contributed by atoms with Crippen molar-refractivity contribution in [2.45, 2.75) is 32.4 Å². The molecule has 0 saturated carbocycles. The van der Waals surface area contributed by atoms with E-state index < -0.39 is 0 Å². The minimum absolute atomic E-state index is 0.197. The second-order valence-corrected chi connectivity index (χ2v) is 4.37. The largest absolute Gasteiger partial charge is 0.493 e. The Morgan fingerprint density at radius 1 is 1.53 bits per heavy atom. The first kappa shape index (κ1) is 13.7. The maximum atomic E-state index is 5.40. The van der Waals surface area contributed by atoms with Gasteiger partial charge in [-0.1, -0.05) is 0 Å². The number of hydrogen-bond acceptors (Lipinski definition) is 4. The van der Waals surface area contributed by atoms with Gasteiger partial charge in [-0.05, 0) is 32.5 Å². The van der Waals surface area contributed by atoms with E-state index in [9.17, 15) is 0 Å². The van der Waals surface area contributed by atoms with Gasteiger partial charge in [0, 0.05) is 13.0 Å². The lowest BCUT2D eigenvalue weighted by molar-refractivity contribution is 0.387. The quantitative estimate of drug-likeness (QED) is 0.833. The van der Waals surface area contributed by atoms with Crippen molar-refractivity contribution in [3.63, 3.8) is 0 Å². The van der Waals surface area contributed by atoms with Gasteiger partial charge in [-0.3, -0.25) is 4.68 Å². The van der Waals surface area contributed by atoms with E-state index in [1.165, 1.54) is 0 Å². The minimum Gasteiger partial charge on any atom is -0.493 e. The van der Waals surface area contributed by atoms with Gasteiger partial charge < -0.3 is 14.5 Å². The molecule has 1 N–H and O–H groups in total. The zero-order chi connectivity index (χ0) is 13.7. The molecule has 0 aliphatic rings. The molecule has 2 aromatic heterocycles. The first-order valence-electron chi connectivity index (χ1n) is 6.59. The third-order valence-electron chi connectivity index (χ3n) is 3.30. The molecular formula is C14H21N3O2. The van der Waals surface area contributed by atoms with E-state index in [1.54, 1.807) is 19.6 Å². The van der Waals surface area contributed by atoms with E-state index in [0.29, 0.717) is 0 Å². The van der Waals surface area contributed by atoms with E-state index in [4.69, 9.17) is 9.15 Å². The number of hydrogen-bond donors (Lipinski definition) is 1.